The normalized spacial score (nSPS) is 11.7. The molecule has 0 aromatic heterocycles. The van der Waals surface area contributed by atoms with Gasteiger partial charge >= 0.3 is 6.61 Å². The minimum atomic E-state index is -3.19. The Balaban J connectivity index is 0.00000450. The largest absolute Gasteiger partial charge is 0.435 e. The lowest BCUT2D eigenvalue weighted by molar-refractivity contribution is -0.0498. The van der Waals surface area contributed by atoms with Crippen LogP contribution < -0.4 is 10.1 Å². The maximum absolute atomic E-state index is 12.2. The molecule has 0 saturated carbocycles. The van der Waals surface area contributed by atoms with Crippen LogP contribution in [-0.2, 0) is 22.8 Å². The molecule has 0 radical (unpaired) electrons. The number of rotatable bonds is 8. The molecule has 0 bridgehead atoms. The van der Waals surface area contributed by atoms with Crippen LogP contribution in [0.4, 0.5) is 8.78 Å². The first-order valence-electron chi connectivity index (χ1n) is 8.93. The van der Waals surface area contributed by atoms with Gasteiger partial charge in [0.25, 0.3) is 0 Å². The number of nitrogens with zero attached hydrogens (tertiary/aromatic N) is 2. The number of aliphatic imine (C=N–C) groups is 1. The first kappa shape index (κ1) is 26.1. The molecule has 0 aliphatic carbocycles. The van der Waals surface area contributed by atoms with E-state index in [1.807, 2.05) is 11.9 Å². The van der Waals surface area contributed by atoms with Crippen LogP contribution in [0.1, 0.15) is 11.1 Å². The maximum Gasteiger partial charge on any atom is 0.387 e. The van der Waals surface area contributed by atoms with Gasteiger partial charge in [0.1, 0.15) is 5.75 Å². The van der Waals surface area contributed by atoms with Crippen LogP contribution in [0.3, 0.4) is 0 Å². The predicted molar refractivity (Wildman–Crippen MR) is 125 cm³/mol. The standard InChI is InChI=1S/C20H25F2N3O3S.HI/c1-23-20(24-13-12-15-6-10-18(11-7-15)29(3,26)27)25(2)14-16-4-8-17(9-5-16)28-19(21)22;/h4-11,19H,12-14H2,1-3H3,(H,23,24);1H. The fourth-order valence-corrected chi connectivity index (χ4v) is 3.36. The highest BCUT2D eigenvalue weighted by molar-refractivity contribution is 14.0. The lowest BCUT2D eigenvalue weighted by Crippen LogP contribution is -2.39. The molecule has 0 atom stereocenters. The van der Waals surface area contributed by atoms with Gasteiger partial charge in [0.15, 0.2) is 15.8 Å². The molecule has 166 valence electrons. The highest BCUT2D eigenvalue weighted by atomic mass is 127. The molecule has 0 spiro atoms. The number of hydrogen-bond acceptors (Lipinski definition) is 4. The Kier molecular flexibility index (Phi) is 10.5. The monoisotopic (exact) mass is 553 g/mol. The van der Waals surface area contributed by atoms with E-state index < -0.39 is 16.4 Å². The molecule has 0 aliphatic heterocycles. The van der Waals surface area contributed by atoms with Crippen molar-refractivity contribution in [1.82, 2.24) is 10.2 Å². The molecule has 2 rings (SSSR count). The third-order valence-electron chi connectivity index (χ3n) is 4.19. The molecule has 0 saturated heterocycles. The van der Waals surface area contributed by atoms with Gasteiger partial charge in [0.2, 0.25) is 0 Å². The Labute approximate surface area is 193 Å². The molecule has 2 aromatic carbocycles. The van der Waals surface area contributed by atoms with Crippen molar-refractivity contribution in [3.63, 3.8) is 0 Å². The molecule has 6 nitrogen and oxygen atoms in total. The van der Waals surface area contributed by atoms with Crippen molar-refractivity contribution in [1.29, 1.82) is 0 Å². The summed E-state index contributed by atoms with van der Waals surface area (Å²) in [5.41, 5.74) is 1.94. The van der Waals surface area contributed by atoms with E-state index in [2.05, 4.69) is 15.0 Å². The summed E-state index contributed by atoms with van der Waals surface area (Å²) in [6.07, 6.45) is 1.89. The van der Waals surface area contributed by atoms with Gasteiger partial charge in [0.05, 0.1) is 4.90 Å². The Morgan fingerprint density at radius 2 is 1.67 bits per heavy atom. The second kappa shape index (κ2) is 12.0. The SMILES string of the molecule is CN=C(NCCc1ccc(S(C)(=O)=O)cc1)N(C)Cc1ccc(OC(F)F)cc1.I. The molecule has 0 fully saturated rings. The summed E-state index contributed by atoms with van der Waals surface area (Å²) in [5, 5.41) is 3.25. The lowest BCUT2D eigenvalue weighted by atomic mass is 10.1. The lowest BCUT2D eigenvalue weighted by Gasteiger charge is -2.22. The van der Waals surface area contributed by atoms with Gasteiger partial charge in [-0.25, -0.2) is 8.42 Å². The Morgan fingerprint density at radius 1 is 1.10 bits per heavy atom. The molecule has 1 N–H and O–H groups in total. The average Bonchev–Trinajstić information content (AvgIpc) is 2.66. The predicted octanol–water partition coefficient (Wildman–Crippen LogP) is 3.56. The van der Waals surface area contributed by atoms with E-state index in [0.717, 1.165) is 11.1 Å². The minimum absolute atomic E-state index is 0. The second-order valence-electron chi connectivity index (χ2n) is 6.52. The third kappa shape index (κ3) is 8.42. The van der Waals surface area contributed by atoms with Gasteiger partial charge in [-0.2, -0.15) is 8.78 Å². The number of ether oxygens (including phenoxy) is 1. The van der Waals surface area contributed by atoms with Crippen LogP contribution >= 0.6 is 24.0 Å². The zero-order valence-corrected chi connectivity index (χ0v) is 20.2. The number of hydrogen-bond donors (Lipinski definition) is 1. The van der Waals surface area contributed by atoms with Gasteiger partial charge in [-0.15, -0.1) is 24.0 Å². The second-order valence-corrected chi connectivity index (χ2v) is 8.53. The van der Waals surface area contributed by atoms with Crippen LogP contribution in [-0.4, -0.2) is 52.8 Å². The quantitative estimate of drug-likeness (QED) is 0.308. The molecule has 30 heavy (non-hydrogen) atoms. The number of halogens is 3. The van der Waals surface area contributed by atoms with Crippen LogP contribution in [0.15, 0.2) is 58.4 Å². The average molecular weight is 553 g/mol. The third-order valence-corrected chi connectivity index (χ3v) is 5.32. The number of nitrogens with one attached hydrogen (secondary N) is 1. The van der Waals surface area contributed by atoms with Crippen LogP contribution in [0, 0.1) is 0 Å². The van der Waals surface area contributed by atoms with Gasteiger partial charge in [-0.05, 0) is 41.8 Å². The van der Waals surface area contributed by atoms with E-state index in [0.29, 0.717) is 30.4 Å². The van der Waals surface area contributed by atoms with Crippen LogP contribution in [0.2, 0.25) is 0 Å². The van der Waals surface area contributed by atoms with E-state index in [9.17, 15) is 17.2 Å². The Bertz CT molecular complexity index is 921. The van der Waals surface area contributed by atoms with Gasteiger partial charge in [-0.1, -0.05) is 24.3 Å². The molecular weight excluding hydrogens is 527 g/mol. The zero-order valence-electron chi connectivity index (χ0n) is 17.0. The highest BCUT2D eigenvalue weighted by Crippen LogP contribution is 2.16. The smallest absolute Gasteiger partial charge is 0.387 e. The van der Waals surface area contributed by atoms with Crippen molar-refractivity contribution >= 4 is 39.8 Å². The summed E-state index contributed by atoms with van der Waals surface area (Å²) in [6, 6.07) is 13.3. The fourth-order valence-electron chi connectivity index (χ4n) is 2.73. The highest BCUT2D eigenvalue weighted by Gasteiger charge is 2.09. The van der Waals surface area contributed by atoms with Gasteiger partial charge in [-0.3, -0.25) is 4.99 Å². The van der Waals surface area contributed by atoms with E-state index in [4.69, 9.17) is 0 Å². The van der Waals surface area contributed by atoms with E-state index in [1.54, 1.807) is 43.4 Å². The summed E-state index contributed by atoms with van der Waals surface area (Å²) in [5.74, 6) is 0.807. The minimum Gasteiger partial charge on any atom is -0.435 e. The first-order chi connectivity index (χ1) is 13.7. The number of benzene rings is 2. The molecule has 2 aromatic rings. The van der Waals surface area contributed by atoms with E-state index in [1.165, 1.54) is 18.4 Å². The number of guanidine groups is 1. The molecule has 0 amide bonds. The molecule has 10 heteroatoms. The maximum atomic E-state index is 12.2. The Morgan fingerprint density at radius 3 is 2.17 bits per heavy atom. The number of alkyl halides is 2. The van der Waals surface area contributed by atoms with Gasteiger partial charge < -0.3 is 15.0 Å². The number of sulfone groups is 1. The molecule has 0 aliphatic rings. The summed E-state index contributed by atoms with van der Waals surface area (Å²) in [6.45, 7) is -1.68. The van der Waals surface area contributed by atoms with Crippen molar-refractivity contribution in [2.45, 2.75) is 24.5 Å². The van der Waals surface area contributed by atoms with Crippen molar-refractivity contribution in [3.05, 3.63) is 59.7 Å². The topological polar surface area (TPSA) is 71.0 Å². The molecule has 0 unspecified atom stereocenters. The first-order valence-corrected chi connectivity index (χ1v) is 10.8. The zero-order chi connectivity index (χ0) is 21.4. The summed E-state index contributed by atoms with van der Waals surface area (Å²) >= 11 is 0. The fraction of sp³-hybridized carbons (Fsp3) is 0.350. The van der Waals surface area contributed by atoms with E-state index >= 15 is 0 Å². The van der Waals surface area contributed by atoms with Crippen molar-refractivity contribution in [2.75, 3.05) is 26.9 Å². The van der Waals surface area contributed by atoms with E-state index in [-0.39, 0.29) is 29.7 Å². The van der Waals surface area contributed by atoms with Crippen LogP contribution in [0.25, 0.3) is 0 Å². The van der Waals surface area contributed by atoms with Gasteiger partial charge in [0, 0.05) is 33.4 Å². The molecular formula is C20H26F2IN3O3S. The van der Waals surface area contributed by atoms with Crippen molar-refractivity contribution in [2.24, 2.45) is 4.99 Å². The summed E-state index contributed by atoms with van der Waals surface area (Å²) < 4.78 is 51.8. The Hall–Kier alpha value is -1.95. The van der Waals surface area contributed by atoms with Crippen molar-refractivity contribution in [3.8, 4) is 5.75 Å². The van der Waals surface area contributed by atoms with Crippen molar-refractivity contribution < 1.29 is 21.9 Å². The van der Waals surface area contributed by atoms with Crippen LogP contribution in [0.5, 0.6) is 5.75 Å². The summed E-state index contributed by atoms with van der Waals surface area (Å²) in [4.78, 5) is 6.46. The molecule has 0 heterocycles. The summed E-state index contributed by atoms with van der Waals surface area (Å²) in [7, 11) is 0.361.